The van der Waals surface area contributed by atoms with E-state index in [1.54, 1.807) is 45.0 Å². The van der Waals surface area contributed by atoms with Gasteiger partial charge in [-0.05, 0) is 56.2 Å². The van der Waals surface area contributed by atoms with Crippen molar-refractivity contribution in [2.24, 2.45) is 0 Å². The smallest absolute Gasteiger partial charge is 0.408 e. The first-order valence-electron chi connectivity index (χ1n) is 9.88. The summed E-state index contributed by atoms with van der Waals surface area (Å²) in [6.45, 7) is 5.75. The number of carbonyl (C=O) groups is 2. The number of hydrogen-bond donors (Lipinski definition) is 2. The highest BCUT2D eigenvalue weighted by atomic mass is 19.1. The lowest BCUT2D eigenvalue weighted by Gasteiger charge is -2.23. The molecule has 0 saturated carbocycles. The topological polar surface area (TPSA) is 85.9 Å². The first-order chi connectivity index (χ1) is 14.7. The van der Waals surface area contributed by atoms with Crippen molar-refractivity contribution in [2.45, 2.75) is 45.6 Å². The quantitative estimate of drug-likeness (QED) is 0.633. The second-order valence-electron chi connectivity index (χ2n) is 7.93. The van der Waals surface area contributed by atoms with Crippen molar-refractivity contribution in [3.05, 3.63) is 65.5 Å². The normalized spacial score (nSPS) is 12.0. The standard InChI is InChI=1S/C23H29FN2O5/c1-23(2,3)31-22(28)26-20(15-29-4)21(27)25-13-16-8-10-19(11-9-16)30-14-17-6-5-7-18(24)12-17/h5-12,20H,13-15H2,1-4H3,(H,25,27)(H,26,28)/t20-/m0/s1. The molecule has 0 aliphatic carbocycles. The van der Waals surface area contributed by atoms with E-state index in [0.717, 1.165) is 11.1 Å². The van der Waals surface area contributed by atoms with E-state index in [9.17, 15) is 14.0 Å². The molecule has 0 bridgehead atoms. The summed E-state index contributed by atoms with van der Waals surface area (Å²) in [4.78, 5) is 24.4. The molecule has 2 amide bonds. The average molecular weight is 432 g/mol. The van der Waals surface area contributed by atoms with Crippen LogP contribution >= 0.6 is 0 Å². The van der Waals surface area contributed by atoms with E-state index in [0.29, 0.717) is 5.75 Å². The van der Waals surface area contributed by atoms with Crippen LogP contribution in [0.2, 0.25) is 0 Å². The van der Waals surface area contributed by atoms with Crippen molar-refractivity contribution in [1.82, 2.24) is 10.6 Å². The van der Waals surface area contributed by atoms with Gasteiger partial charge >= 0.3 is 6.09 Å². The Morgan fingerprint density at radius 3 is 2.39 bits per heavy atom. The number of methoxy groups -OCH3 is 1. The molecular weight excluding hydrogens is 403 g/mol. The highest BCUT2D eigenvalue weighted by Crippen LogP contribution is 2.15. The molecule has 0 radical (unpaired) electrons. The fourth-order valence-corrected chi connectivity index (χ4v) is 2.61. The molecule has 0 saturated heterocycles. The van der Waals surface area contributed by atoms with Crippen LogP contribution in [-0.4, -0.2) is 37.4 Å². The van der Waals surface area contributed by atoms with Crippen molar-refractivity contribution in [3.63, 3.8) is 0 Å². The molecule has 0 fully saturated rings. The van der Waals surface area contributed by atoms with Crippen LogP contribution in [0.5, 0.6) is 5.75 Å². The first-order valence-corrected chi connectivity index (χ1v) is 9.88. The minimum absolute atomic E-state index is 0.0118. The molecule has 0 aliphatic heterocycles. The number of halogens is 1. The molecule has 0 heterocycles. The van der Waals surface area contributed by atoms with Gasteiger partial charge in [0.15, 0.2) is 0 Å². The minimum Gasteiger partial charge on any atom is -0.489 e. The fraction of sp³-hybridized carbons (Fsp3) is 0.391. The highest BCUT2D eigenvalue weighted by Gasteiger charge is 2.24. The summed E-state index contributed by atoms with van der Waals surface area (Å²) in [5.74, 6) is -0.0672. The minimum atomic E-state index is -0.881. The maximum atomic E-state index is 13.2. The molecule has 2 aromatic carbocycles. The molecule has 8 heteroatoms. The molecule has 2 aromatic rings. The monoisotopic (exact) mass is 432 g/mol. The average Bonchev–Trinajstić information content (AvgIpc) is 2.69. The molecule has 2 N–H and O–H groups in total. The van der Waals surface area contributed by atoms with E-state index in [2.05, 4.69) is 10.6 Å². The predicted octanol–water partition coefficient (Wildman–Crippen LogP) is 3.56. The van der Waals surface area contributed by atoms with Crippen LogP contribution in [0, 0.1) is 5.82 Å². The third-order valence-corrected chi connectivity index (χ3v) is 4.03. The van der Waals surface area contributed by atoms with Crippen LogP contribution < -0.4 is 15.4 Å². The number of hydrogen-bond acceptors (Lipinski definition) is 5. The zero-order valence-electron chi connectivity index (χ0n) is 18.2. The summed E-state index contributed by atoms with van der Waals surface area (Å²) in [5, 5.41) is 5.27. The van der Waals surface area contributed by atoms with E-state index >= 15 is 0 Å². The van der Waals surface area contributed by atoms with Crippen molar-refractivity contribution in [3.8, 4) is 5.75 Å². The zero-order chi connectivity index (χ0) is 22.9. The van der Waals surface area contributed by atoms with Crippen molar-refractivity contribution in [2.75, 3.05) is 13.7 Å². The van der Waals surface area contributed by atoms with E-state index in [-0.39, 0.29) is 31.5 Å². The molecule has 0 spiro atoms. The number of ether oxygens (including phenoxy) is 3. The third kappa shape index (κ3) is 9.04. The number of rotatable bonds is 9. The summed E-state index contributed by atoms with van der Waals surface area (Å²) in [6.07, 6.45) is -0.690. The molecule has 0 aromatic heterocycles. The SMILES string of the molecule is COC[C@H](NC(=O)OC(C)(C)C)C(=O)NCc1ccc(OCc2cccc(F)c2)cc1. The van der Waals surface area contributed by atoms with Crippen LogP contribution in [0.15, 0.2) is 48.5 Å². The van der Waals surface area contributed by atoms with Gasteiger partial charge in [-0.2, -0.15) is 0 Å². The van der Waals surface area contributed by atoms with Crippen molar-refractivity contribution in [1.29, 1.82) is 0 Å². The highest BCUT2D eigenvalue weighted by molar-refractivity contribution is 5.85. The Bertz CT molecular complexity index is 865. The Labute approximate surface area is 181 Å². The predicted molar refractivity (Wildman–Crippen MR) is 114 cm³/mol. The molecular formula is C23H29FN2O5. The van der Waals surface area contributed by atoms with Gasteiger partial charge < -0.3 is 24.8 Å². The second kappa shape index (κ2) is 11.3. The first kappa shape index (κ1) is 24.1. The Kier molecular flexibility index (Phi) is 8.81. The van der Waals surface area contributed by atoms with Crippen LogP contribution in [0.3, 0.4) is 0 Å². The van der Waals surface area contributed by atoms with Gasteiger partial charge in [-0.1, -0.05) is 24.3 Å². The largest absolute Gasteiger partial charge is 0.489 e. The van der Waals surface area contributed by atoms with Gasteiger partial charge in [-0.25, -0.2) is 9.18 Å². The van der Waals surface area contributed by atoms with Crippen molar-refractivity contribution < 1.29 is 28.2 Å². The lowest BCUT2D eigenvalue weighted by Crippen LogP contribution is -2.50. The fourth-order valence-electron chi connectivity index (χ4n) is 2.61. The van der Waals surface area contributed by atoms with Gasteiger partial charge in [0.25, 0.3) is 0 Å². The molecule has 0 unspecified atom stereocenters. The Balaban J connectivity index is 1.84. The second-order valence-corrected chi connectivity index (χ2v) is 7.93. The van der Waals surface area contributed by atoms with Crippen LogP contribution in [-0.2, 0) is 27.4 Å². The van der Waals surface area contributed by atoms with Crippen molar-refractivity contribution >= 4 is 12.0 Å². The molecule has 0 aliphatic rings. The summed E-state index contributed by atoms with van der Waals surface area (Å²) in [6, 6.07) is 12.5. The maximum absolute atomic E-state index is 13.2. The number of nitrogens with one attached hydrogen (secondary N) is 2. The third-order valence-electron chi connectivity index (χ3n) is 4.03. The summed E-state index contributed by atoms with van der Waals surface area (Å²) >= 11 is 0. The lowest BCUT2D eigenvalue weighted by atomic mass is 10.2. The summed E-state index contributed by atoms with van der Waals surface area (Å²) in [5.41, 5.74) is 0.911. The van der Waals surface area contributed by atoms with E-state index in [1.807, 2.05) is 12.1 Å². The zero-order valence-corrected chi connectivity index (χ0v) is 18.2. The van der Waals surface area contributed by atoms with Crippen LogP contribution in [0.4, 0.5) is 9.18 Å². The molecule has 168 valence electrons. The number of carbonyl (C=O) groups excluding carboxylic acids is 2. The van der Waals surface area contributed by atoms with Crippen LogP contribution in [0.1, 0.15) is 31.9 Å². The van der Waals surface area contributed by atoms with E-state index in [1.165, 1.54) is 19.2 Å². The van der Waals surface area contributed by atoms with Gasteiger partial charge in [0.05, 0.1) is 6.61 Å². The Hall–Kier alpha value is -3.13. The van der Waals surface area contributed by atoms with Gasteiger partial charge in [0.1, 0.15) is 29.8 Å². The van der Waals surface area contributed by atoms with Gasteiger partial charge in [-0.15, -0.1) is 0 Å². The van der Waals surface area contributed by atoms with E-state index in [4.69, 9.17) is 14.2 Å². The molecule has 2 rings (SSSR count). The number of alkyl carbamates (subject to hydrolysis) is 1. The van der Waals surface area contributed by atoms with E-state index < -0.39 is 17.7 Å². The van der Waals surface area contributed by atoms with Gasteiger partial charge in [0, 0.05) is 13.7 Å². The summed E-state index contributed by atoms with van der Waals surface area (Å²) in [7, 11) is 1.44. The molecule has 1 atom stereocenters. The number of amides is 2. The summed E-state index contributed by atoms with van der Waals surface area (Å²) < 4.78 is 29.1. The van der Waals surface area contributed by atoms with Crippen LogP contribution in [0.25, 0.3) is 0 Å². The number of benzene rings is 2. The molecule has 7 nitrogen and oxygen atoms in total. The lowest BCUT2D eigenvalue weighted by molar-refractivity contribution is -0.124. The maximum Gasteiger partial charge on any atom is 0.408 e. The molecule has 31 heavy (non-hydrogen) atoms. The Morgan fingerprint density at radius 2 is 1.77 bits per heavy atom. The Morgan fingerprint density at radius 1 is 1.06 bits per heavy atom. The van der Waals surface area contributed by atoms with Gasteiger partial charge in [0.2, 0.25) is 5.91 Å². The van der Waals surface area contributed by atoms with Gasteiger partial charge in [-0.3, -0.25) is 4.79 Å².